The van der Waals surface area contributed by atoms with E-state index in [9.17, 15) is 8.42 Å². The van der Waals surface area contributed by atoms with Gasteiger partial charge >= 0.3 is 10.3 Å². The van der Waals surface area contributed by atoms with Crippen LogP contribution in [-0.4, -0.2) is 19.5 Å². The van der Waals surface area contributed by atoms with Crippen molar-refractivity contribution in [2.75, 3.05) is 10.8 Å². The topological polar surface area (TPSA) is 57.6 Å². The van der Waals surface area contributed by atoms with E-state index >= 15 is 0 Å². The molecule has 0 spiro atoms. The summed E-state index contributed by atoms with van der Waals surface area (Å²) in [6.07, 6.45) is 0. The van der Waals surface area contributed by atoms with Crippen LogP contribution in [0.1, 0.15) is 12.5 Å². The first-order valence-corrected chi connectivity index (χ1v) is 5.58. The Bertz CT molecular complexity index is 414. The van der Waals surface area contributed by atoms with Gasteiger partial charge in [0.2, 0.25) is 0 Å². The van der Waals surface area contributed by atoms with Crippen molar-refractivity contribution < 1.29 is 13.0 Å². The van der Waals surface area contributed by atoms with E-state index in [2.05, 4.69) is 6.07 Å². The van der Waals surface area contributed by atoms with Gasteiger partial charge in [-0.25, -0.2) is 4.31 Å². The summed E-state index contributed by atoms with van der Waals surface area (Å²) in [5.41, 5.74) is 1.27. The number of nitrogens with zero attached hydrogens (tertiary/aromatic N) is 1. The van der Waals surface area contributed by atoms with Crippen LogP contribution in [0.2, 0.25) is 0 Å². The molecular formula is C9H12NO3S. The fourth-order valence-electron chi connectivity index (χ4n) is 1.20. The Kier molecular flexibility index (Phi) is 3.13. The van der Waals surface area contributed by atoms with Crippen LogP contribution in [0.3, 0.4) is 0 Å². The maximum absolute atomic E-state index is 10.9. The molecule has 5 heteroatoms. The zero-order valence-electron chi connectivity index (χ0n) is 8.06. The van der Waals surface area contributed by atoms with Gasteiger partial charge in [0.1, 0.15) is 0 Å². The van der Waals surface area contributed by atoms with Crippen molar-refractivity contribution >= 4 is 16.0 Å². The van der Waals surface area contributed by atoms with E-state index < -0.39 is 10.3 Å². The average Bonchev–Trinajstić information content (AvgIpc) is 2.02. The van der Waals surface area contributed by atoms with E-state index in [1.807, 2.05) is 0 Å². The van der Waals surface area contributed by atoms with Crippen LogP contribution >= 0.6 is 0 Å². The van der Waals surface area contributed by atoms with Crippen LogP contribution in [0.4, 0.5) is 5.69 Å². The van der Waals surface area contributed by atoms with Crippen molar-refractivity contribution in [3.63, 3.8) is 0 Å². The predicted octanol–water partition coefficient (Wildman–Crippen LogP) is 1.42. The Labute approximate surface area is 84.1 Å². The fraction of sp³-hybridized carbons (Fsp3) is 0.333. The summed E-state index contributed by atoms with van der Waals surface area (Å²) < 4.78 is 31.7. The number of hydrogen-bond acceptors (Lipinski definition) is 2. The number of hydrogen-bond donors (Lipinski definition) is 1. The Balaban J connectivity index is 3.14. The van der Waals surface area contributed by atoms with E-state index in [1.165, 1.54) is 0 Å². The van der Waals surface area contributed by atoms with Gasteiger partial charge in [0, 0.05) is 6.54 Å². The maximum Gasteiger partial charge on any atom is 0.359 e. The smallest absolute Gasteiger partial charge is 0.269 e. The molecule has 0 atom stereocenters. The standard InChI is InChI=1S/C9H12NO3S/c1-3-10(14(11,12)13)9-6-4-5-8(2)7-9/h4,6-7H,3H2,1-2H3,(H,11,12,13). The molecule has 0 fully saturated rings. The van der Waals surface area contributed by atoms with Gasteiger partial charge in [0.15, 0.2) is 0 Å². The van der Waals surface area contributed by atoms with Crippen LogP contribution in [0.5, 0.6) is 0 Å². The first-order valence-electron chi connectivity index (χ1n) is 4.18. The lowest BCUT2D eigenvalue weighted by Gasteiger charge is -2.18. The second kappa shape index (κ2) is 3.98. The first kappa shape index (κ1) is 11.0. The molecule has 0 aromatic heterocycles. The van der Waals surface area contributed by atoms with Gasteiger partial charge in [0.05, 0.1) is 5.69 Å². The highest BCUT2D eigenvalue weighted by Gasteiger charge is 2.16. The second-order valence-electron chi connectivity index (χ2n) is 2.87. The summed E-state index contributed by atoms with van der Waals surface area (Å²) in [6.45, 7) is 3.66. The maximum atomic E-state index is 10.9. The predicted molar refractivity (Wildman–Crippen MR) is 54.6 cm³/mol. The Morgan fingerprint density at radius 2 is 2.21 bits per heavy atom. The van der Waals surface area contributed by atoms with Crippen molar-refractivity contribution in [3.8, 4) is 0 Å². The van der Waals surface area contributed by atoms with Gasteiger partial charge < -0.3 is 0 Å². The molecule has 0 amide bonds. The van der Waals surface area contributed by atoms with Gasteiger partial charge in [-0.15, -0.1) is 0 Å². The zero-order chi connectivity index (χ0) is 10.8. The molecule has 0 unspecified atom stereocenters. The molecule has 4 nitrogen and oxygen atoms in total. The molecule has 0 saturated heterocycles. The van der Waals surface area contributed by atoms with Crippen molar-refractivity contribution in [2.45, 2.75) is 13.8 Å². The molecule has 1 radical (unpaired) electrons. The van der Waals surface area contributed by atoms with Gasteiger partial charge in [-0.2, -0.15) is 8.42 Å². The molecule has 1 aromatic rings. The SMILES string of the molecule is CCN(c1cc[c]c(C)c1)S(=O)(=O)O. The van der Waals surface area contributed by atoms with E-state index in [4.69, 9.17) is 4.55 Å². The lowest BCUT2D eigenvalue weighted by atomic mass is 10.2. The van der Waals surface area contributed by atoms with Crippen molar-refractivity contribution in [1.29, 1.82) is 0 Å². The number of aryl methyl sites for hydroxylation is 1. The van der Waals surface area contributed by atoms with Gasteiger partial charge in [-0.3, -0.25) is 4.55 Å². The minimum Gasteiger partial charge on any atom is -0.269 e. The molecule has 0 aliphatic heterocycles. The first-order chi connectivity index (χ1) is 6.45. The average molecular weight is 214 g/mol. The Morgan fingerprint density at radius 3 is 2.64 bits per heavy atom. The fourth-order valence-corrected chi connectivity index (χ4v) is 1.91. The zero-order valence-corrected chi connectivity index (χ0v) is 8.87. The third-order valence-corrected chi connectivity index (χ3v) is 2.81. The number of rotatable bonds is 3. The summed E-state index contributed by atoms with van der Waals surface area (Å²) in [5.74, 6) is 0. The molecule has 0 aliphatic carbocycles. The summed E-state index contributed by atoms with van der Waals surface area (Å²) in [6, 6.07) is 7.76. The Hall–Kier alpha value is -1.07. The van der Waals surface area contributed by atoms with Crippen LogP contribution in [0, 0.1) is 13.0 Å². The molecule has 14 heavy (non-hydrogen) atoms. The molecule has 77 valence electrons. The molecule has 0 saturated carbocycles. The van der Waals surface area contributed by atoms with Gasteiger partial charge in [-0.1, -0.05) is 6.07 Å². The quantitative estimate of drug-likeness (QED) is 0.774. The van der Waals surface area contributed by atoms with Crippen molar-refractivity contribution in [3.05, 3.63) is 29.8 Å². The van der Waals surface area contributed by atoms with Crippen LogP contribution in [0.15, 0.2) is 18.2 Å². The van der Waals surface area contributed by atoms with E-state index in [0.717, 1.165) is 9.87 Å². The third kappa shape index (κ3) is 2.46. The highest BCUT2D eigenvalue weighted by molar-refractivity contribution is 7.87. The molecule has 1 N–H and O–H groups in total. The molecule has 0 bridgehead atoms. The third-order valence-electron chi connectivity index (χ3n) is 1.78. The largest absolute Gasteiger partial charge is 0.359 e. The molecule has 0 aliphatic rings. The lowest BCUT2D eigenvalue weighted by molar-refractivity contribution is 0.479. The van der Waals surface area contributed by atoms with Crippen LogP contribution in [0.25, 0.3) is 0 Å². The Morgan fingerprint density at radius 1 is 1.57 bits per heavy atom. The minimum absolute atomic E-state index is 0.197. The molecular weight excluding hydrogens is 202 g/mol. The highest BCUT2D eigenvalue weighted by Crippen LogP contribution is 2.17. The van der Waals surface area contributed by atoms with E-state index in [0.29, 0.717) is 5.69 Å². The van der Waals surface area contributed by atoms with E-state index in [1.54, 1.807) is 32.0 Å². The van der Waals surface area contributed by atoms with Crippen LogP contribution < -0.4 is 4.31 Å². The number of anilines is 1. The summed E-state index contributed by atoms with van der Waals surface area (Å²) in [7, 11) is -4.17. The van der Waals surface area contributed by atoms with Crippen molar-refractivity contribution in [1.82, 2.24) is 0 Å². The number of benzene rings is 1. The minimum atomic E-state index is -4.17. The second-order valence-corrected chi connectivity index (χ2v) is 4.21. The monoisotopic (exact) mass is 214 g/mol. The van der Waals surface area contributed by atoms with Crippen molar-refractivity contribution in [2.24, 2.45) is 0 Å². The summed E-state index contributed by atoms with van der Waals surface area (Å²) in [4.78, 5) is 0. The highest BCUT2D eigenvalue weighted by atomic mass is 32.2. The molecule has 1 aromatic carbocycles. The lowest BCUT2D eigenvalue weighted by Crippen LogP contribution is -2.29. The summed E-state index contributed by atoms with van der Waals surface area (Å²) >= 11 is 0. The van der Waals surface area contributed by atoms with Gasteiger partial charge in [-0.05, 0) is 37.6 Å². The molecule has 1 rings (SSSR count). The molecule has 0 heterocycles. The normalized spacial score (nSPS) is 11.4. The van der Waals surface area contributed by atoms with E-state index in [-0.39, 0.29) is 6.54 Å². The van der Waals surface area contributed by atoms with Crippen LogP contribution in [-0.2, 0) is 10.3 Å². The van der Waals surface area contributed by atoms with Gasteiger partial charge in [0.25, 0.3) is 0 Å². The summed E-state index contributed by atoms with van der Waals surface area (Å²) in [5, 5.41) is 0.